The first-order valence-corrected chi connectivity index (χ1v) is 11.5. The minimum atomic E-state index is -0.246. The molecule has 0 N–H and O–H groups in total. The summed E-state index contributed by atoms with van der Waals surface area (Å²) >= 11 is 1.51. The van der Waals surface area contributed by atoms with Gasteiger partial charge in [-0.1, -0.05) is 23.0 Å². The van der Waals surface area contributed by atoms with E-state index in [1.165, 1.54) is 28.3 Å². The molecule has 2 aromatic carbocycles. The van der Waals surface area contributed by atoms with Gasteiger partial charge in [-0.15, -0.1) is 0 Å². The van der Waals surface area contributed by atoms with Crippen LogP contribution < -0.4 is 4.90 Å². The average molecular weight is 449 g/mol. The second-order valence-corrected chi connectivity index (χ2v) is 9.48. The quantitative estimate of drug-likeness (QED) is 0.478. The maximum absolute atomic E-state index is 13.6. The van der Waals surface area contributed by atoms with Crippen LogP contribution in [0.4, 0.5) is 9.52 Å². The number of benzene rings is 2. The standard InChI is InChI=1S/C23H21FN6OS/c1-14-2-5-19(30-25-7-8-26-30)17(10-14)22(31)28-9-6-15-12-29(20(15)13-28)23-27-18-4-3-16(24)11-21(18)32-23/h2-5,7-8,10-11,15,20H,6,9,12-13H2,1H3/t15-,20-/m0/s1. The predicted molar refractivity (Wildman–Crippen MR) is 121 cm³/mol. The summed E-state index contributed by atoms with van der Waals surface area (Å²) in [5, 5.41) is 9.33. The Hall–Kier alpha value is -3.33. The summed E-state index contributed by atoms with van der Waals surface area (Å²) in [6.07, 6.45) is 4.18. The Kier molecular flexibility index (Phi) is 4.46. The van der Waals surface area contributed by atoms with Gasteiger partial charge in [0.05, 0.1) is 39.9 Å². The van der Waals surface area contributed by atoms with Gasteiger partial charge in [0.15, 0.2) is 5.13 Å². The summed E-state index contributed by atoms with van der Waals surface area (Å²) in [5.74, 6) is 0.300. The molecule has 0 radical (unpaired) electrons. The third-order valence-corrected chi connectivity index (χ3v) is 7.50. The molecule has 2 saturated heterocycles. The van der Waals surface area contributed by atoms with Crippen LogP contribution in [0.25, 0.3) is 15.9 Å². The fourth-order valence-corrected chi connectivity index (χ4v) is 5.77. The molecule has 0 spiro atoms. The van der Waals surface area contributed by atoms with Crippen molar-refractivity contribution < 1.29 is 9.18 Å². The van der Waals surface area contributed by atoms with E-state index in [1.54, 1.807) is 18.5 Å². The Labute approximate surface area is 188 Å². The number of rotatable bonds is 3. The summed E-state index contributed by atoms with van der Waals surface area (Å²) in [5.41, 5.74) is 3.13. The van der Waals surface area contributed by atoms with E-state index in [2.05, 4.69) is 15.1 Å². The highest BCUT2D eigenvalue weighted by Crippen LogP contribution is 2.40. The van der Waals surface area contributed by atoms with E-state index >= 15 is 0 Å². The maximum Gasteiger partial charge on any atom is 0.256 e. The van der Waals surface area contributed by atoms with Gasteiger partial charge in [-0.25, -0.2) is 9.37 Å². The minimum Gasteiger partial charge on any atom is -0.343 e. The highest BCUT2D eigenvalue weighted by Gasteiger charge is 2.45. The molecular formula is C23H21FN6OS. The number of aromatic nitrogens is 4. The van der Waals surface area contributed by atoms with Crippen molar-refractivity contribution in [3.05, 3.63) is 65.7 Å². The van der Waals surface area contributed by atoms with Crippen molar-refractivity contribution in [2.75, 3.05) is 24.5 Å². The van der Waals surface area contributed by atoms with Crippen molar-refractivity contribution in [1.29, 1.82) is 0 Å². The van der Waals surface area contributed by atoms with Gasteiger partial charge in [0, 0.05) is 25.6 Å². The summed E-state index contributed by atoms with van der Waals surface area (Å²) in [6.45, 7) is 4.29. The molecular weight excluding hydrogens is 427 g/mol. The third kappa shape index (κ3) is 3.15. The molecule has 2 aromatic heterocycles. The molecule has 2 aliphatic heterocycles. The summed E-state index contributed by atoms with van der Waals surface area (Å²) in [6, 6.07) is 10.7. The van der Waals surface area contributed by atoms with Gasteiger partial charge in [0.1, 0.15) is 5.82 Å². The van der Waals surface area contributed by atoms with Crippen molar-refractivity contribution >= 4 is 32.6 Å². The molecule has 162 valence electrons. The van der Waals surface area contributed by atoms with E-state index in [0.717, 1.165) is 40.4 Å². The Balaban J connectivity index is 1.26. The highest BCUT2D eigenvalue weighted by molar-refractivity contribution is 7.22. The number of nitrogens with zero attached hydrogens (tertiary/aromatic N) is 6. The van der Waals surface area contributed by atoms with E-state index < -0.39 is 0 Å². The number of carbonyl (C=O) groups excluding carboxylic acids is 1. The molecule has 2 aliphatic rings. The van der Waals surface area contributed by atoms with E-state index in [9.17, 15) is 9.18 Å². The van der Waals surface area contributed by atoms with Crippen molar-refractivity contribution in [3.63, 3.8) is 0 Å². The molecule has 7 nitrogen and oxygen atoms in total. The summed E-state index contributed by atoms with van der Waals surface area (Å²) in [4.78, 5) is 23.9. The van der Waals surface area contributed by atoms with E-state index in [4.69, 9.17) is 4.98 Å². The topological polar surface area (TPSA) is 67.2 Å². The normalized spacial score (nSPS) is 20.3. The largest absolute Gasteiger partial charge is 0.343 e. The molecule has 0 saturated carbocycles. The monoisotopic (exact) mass is 448 g/mol. The second kappa shape index (κ2) is 7.37. The van der Waals surface area contributed by atoms with Gasteiger partial charge in [-0.05, 0) is 43.7 Å². The molecule has 2 fully saturated rings. The number of anilines is 1. The molecule has 4 heterocycles. The number of piperidine rings is 1. The molecule has 0 aliphatic carbocycles. The van der Waals surface area contributed by atoms with Crippen LogP contribution in [0, 0.1) is 18.7 Å². The van der Waals surface area contributed by atoms with Crippen LogP contribution in [0.2, 0.25) is 0 Å². The van der Waals surface area contributed by atoms with Crippen LogP contribution >= 0.6 is 11.3 Å². The van der Waals surface area contributed by atoms with Crippen molar-refractivity contribution in [1.82, 2.24) is 24.9 Å². The Morgan fingerprint density at radius 2 is 1.97 bits per heavy atom. The third-order valence-electron chi connectivity index (χ3n) is 6.44. The van der Waals surface area contributed by atoms with E-state index in [0.29, 0.717) is 23.7 Å². The van der Waals surface area contributed by atoms with Crippen molar-refractivity contribution in [2.45, 2.75) is 19.4 Å². The lowest BCUT2D eigenvalue weighted by molar-refractivity contribution is 0.0592. The van der Waals surface area contributed by atoms with Crippen LogP contribution in [0.5, 0.6) is 0 Å². The molecule has 2 atom stereocenters. The van der Waals surface area contributed by atoms with E-state index in [-0.39, 0.29) is 17.8 Å². The number of carbonyl (C=O) groups is 1. The second-order valence-electron chi connectivity index (χ2n) is 8.47. The van der Waals surface area contributed by atoms with Crippen LogP contribution in [0.15, 0.2) is 48.8 Å². The van der Waals surface area contributed by atoms with Gasteiger partial charge in [-0.2, -0.15) is 15.0 Å². The Bertz CT molecular complexity index is 1320. The highest BCUT2D eigenvalue weighted by atomic mass is 32.1. The summed E-state index contributed by atoms with van der Waals surface area (Å²) in [7, 11) is 0. The fourth-order valence-electron chi connectivity index (χ4n) is 4.72. The van der Waals surface area contributed by atoms with Gasteiger partial charge in [0.25, 0.3) is 5.91 Å². The first-order valence-electron chi connectivity index (χ1n) is 10.7. The van der Waals surface area contributed by atoms with Crippen LogP contribution in [-0.2, 0) is 0 Å². The lowest BCUT2D eigenvalue weighted by atomic mass is 9.82. The van der Waals surface area contributed by atoms with Crippen LogP contribution in [0.1, 0.15) is 22.3 Å². The number of likely N-dealkylation sites (tertiary alicyclic amines) is 1. The zero-order valence-electron chi connectivity index (χ0n) is 17.5. The molecule has 0 unspecified atom stereocenters. The number of fused-ring (bicyclic) bond motifs is 2. The van der Waals surface area contributed by atoms with Crippen LogP contribution in [0.3, 0.4) is 0 Å². The number of thiazole rings is 1. The first kappa shape index (κ1) is 19.4. The molecule has 6 rings (SSSR count). The van der Waals surface area contributed by atoms with Gasteiger partial charge < -0.3 is 9.80 Å². The lowest BCUT2D eigenvalue weighted by Gasteiger charge is -2.53. The van der Waals surface area contributed by atoms with Crippen molar-refractivity contribution in [2.24, 2.45) is 5.92 Å². The van der Waals surface area contributed by atoms with Gasteiger partial charge in [-0.3, -0.25) is 4.79 Å². The lowest BCUT2D eigenvalue weighted by Crippen LogP contribution is -2.65. The molecule has 4 aromatic rings. The van der Waals surface area contributed by atoms with Crippen molar-refractivity contribution in [3.8, 4) is 5.69 Å². The summed E-state index contributed by atoms with van der Waals surface area (Å²) < 4.78 is 14.4. The average Bonchev–Trinajstić information content (AvgIpc) is 3.44. The molecule has 0 bridgehead atoms. The zero-order valence-corrected chi connectivity index (χ0v) is 18.3. The number of hydrogen-bond donors (Lipinski definition) is 0. The number of halogens is 1. The van der Waals surface area contributed by atoms with Crippen LogP contribution in [-0.4, -0.2) is 56.5 Å². The fraction of sp³-hybridized carbons (Fsp3) is 0.304. The Morgan fingerprint density at radius 3 is 2.81 bits per heavy atom. The smallest absolute Gasteiger partial charge is 0.256 e. The first-order chi connectivity index (χ1) is 15.6. The number of hydrogen-bond acceptors (Lipinski definition) is 6. The molecule has 9 heteroatoms. The van der Waals surface area contributed by atoms with E-state index in [1.807, 2.05) is 30.0 Å². The predicted octanol–water partition coefficient (Wildman–Crippen LogP) is 3.68. The molecule has 1 amide bonds. The zero-order chi connectivity index (χ0) is 21.8. The maximum atomic E-state index is 13.6. The van der Waals surface area contributed by atoms with Gasteiger partial charge in [0.2, 0.25) is 0 Å². The number of aryl methyl sites for hydroxylation is 1. The minimum absolute atomic E-state index is 0.00216. The SMILES string of the molecule is Cc1ccc(-n2nccn2)c(C(=O)N2CC[C@H]3CN(c4nc5ccc(F)cc5s4)[C@H]3C2)c1. The van der Waals surface area contributed by atoms with Gasteiger partial charge >= 0.3 is 0 Å². The molecule has 32 heavy (non-hydrogen) atoms. The number of amides is 1. The Morgan fingerprint density at radius 1 is 1.12 bits per heavy atom.